The molecule has 7 nitrogen and oxygen atoms in total. The summed E-state index contributed by atoms with van der Waals surface area (Å²) in [5.41, 5.74) is 2.89. The minimum atomic E-state index is -0.814. The van der Waals surface area contributed by atoms with E-state index in [2.05, 4.69) is 5.32 Å². The summed E-state index contributed by atoms with van der Waals surface area (Å²) < 4.78 is 11.6. The third kappa shape index (κ3) is 5.53. The molecule has 0 unspecified atom stereocenters. The second-order valence-corrected chi connectivity index (χ2v) is 8.36. The van der Waals surface area contributed by atoms with Gasteiger partial charge in [-0.2, -0.15) is 0 Å². The van der Waals surface area contributed by atoms with Gasteiger partial charge >= 0.3 is 6.03 Å². The molecule has 8 heteroatoms. The van der Waals surface area contributed by atoms with E-state index < -0.39 is 17.8 Å². The molecule has 0 radical (unpaired) electrons. The molecule has 1 heterocycles. The average Bonchev–Trinajstić information content (AvgIpc) is 2.83. The topological polar surface area (TPSA) is 84.9 Å². The van der Waals surface area contributed by atoms with Crippen molar-refractivity contribution in [2.75, 3.05) is 18.1 Å². The Hall–Kier alpha value is -4.10. The van der Waals surface area contributed by atoms with Crippen LogP contribution in [0.4, 0.5) is 10.5 Å². The first-order chi connectivity index (χ1) is 16.8. The van der Waals surface area contributed by atoms with Crippen LogP contribution in [0.25, 0.3) is 6.08 Å². The number of anilines is 1. The van der Waals surface area contributed by atoms with Crippen molar-refractivity contribution in [1.29, 1.82) is 0 Å². The van der Waals surface area contributed by atoms with E-state index in [1.807, 2.05) is 32.0 Å². The Balaban J connectivity index is 1.41. The van der Waals surface area contributed by atoms with Crippen molar-refractivity contribution >= 4 is 41.2 Å². The third-order valence-corrected chi connectivity index (χ3v) is 5.64. The fraction of sp³-hybridized carbons (Fsp3) is 0.148. The number of hydrogen-bond donors (Lipinski definition) is 1. The first-order valence-electron chi connectivity index (χ1n) is 10.9. The number of aryl methyl sites for hydroxylation is 2. The summed E-state index contributed by atoms with van der Waals surface area (Å²) in [4.78, 5) is 38.5. The molecule has 0 atom stereocenters. The maximum atomic E-state index is 12.9. The van der Waals surface area contributed by atoms with Gasteiger partial charge in [0.15, 0.2) is 0 Å². The Morgan fingerprint density at radius 2 is 1.49 bits per heavy atom. The number of benzene rings is 3. The lowest BCUT2D eigenvalue weighted by atomic mass is 10.1. The first-order valence-corrected chi connectivity index (χ1v) is 11.3. The number of carbonyl (C=O) groups excluding carboxylic acids is 3. The Labute approximate surface area is 207 Å². The van der Waals surface area contributed by atoms with Crippen molar-refractivity contribution in [1.82, 2.24) is 5.32 Å². The van der Waals surface area contributed by atoms with Crippen molar-refractivity contribution < 1.29 is 23.9 Å². The number of amides is 4. The van der Waals surface area contributed by atoms with Gasteiger partial charge in [-0.15, -0.1) is 0 Å². The minimum absolute atomic E-state index is 0.157. The number of rotatable bonds is 7. The Morgan fingerprint density at radius 1 is 0.857 bits per heavy atom. The molecule has 4 amide bonds. The maximum Gasteiger partial charge on any atom is 0.335 e. The molecular weight excluding hydrogens is 468 g/mol. The van der Waals surface area contributed by atoms with E-state index in [0.717, 1.165) is 21.8 Å². The molecule has 0 saturated carbocycles. The van der Waals surface area contributed by atoms with E-state index in [4.69, 9.17) is 21.1 Å². The van der Waals surface area contributed by atoms with Gasteiger partial charge in [-0.25, -0.2) is 9.69 Å². The molecule has 1 aliphatic heterocycles. The van der Waals surface area contributed by atoms with Crippen LogP contribution in [-0.2, 0) is 9.59 Å². The van der Waals surface area contributed by atoms with Crippen LogP contribution in [-0.4, -0.2) is 31.1 Å². The molecule has 0 bridgehead atoms. The molecule has 1 saturated heterocycles. The highest BCUT2D eigenvalue weighted by Gasteiger charge is 2.36. The van der Waals surface area contributed by atoms with Crippen molar-refractivity contribution in [3.8, 4) is 11.5 Å². The minimum Gasteiger partial charge on any atom is -0.490 e. The van der Waals surface area contributed by atoms with Crippen LogP contribution >= 0.6 is 11.6 Å². The number of hydrogen-bond acceptors (Lipinski definition) is 5. The van der Waals surface area contributed by atoms with E-state index >= 15 is 0 Å². The lowest BCUT2D eigenvalue weighted by Crippen LogP contribution is -2.54. The smallest absolute Gasteiger partial charge is 0.335 e. The first kappa shape index (κ1) is 24.0. The highest BCUT2D eigenvalue weighted by atomic mass is 35.5. The summed E-state index contributed by atoms with van der Waals surface area (Å²) in [6.07, 6.45) is 1.43. The number of barbiturate groups is 1. The van der Waals surface area contributed by atoms with Gasteiger partial charge in [0.25, 0.3) is 11.8 Å². The van der Waals surface area contributed by atoms with E-state index in [9.17, 15) is 14.4 Å². The largest absolute Gasteiger partial charge is 0.490 e. The molecule has 4 rings (SSSR count). The number of halogens is 1. The summed E-state index contributed by atoms with van der Waals surface area (Å²) in [7, 11) is 0. The molecule has 1 aliphatic rings. The standard InChI is InChI=1S/C27H23ClN2O5/c1-17-4-3-5-18(2)24(17)35-15-14-34-22-12-6-19(7-13-22)16-23-25(31)29-27(33)30(26(23)32)21-10-8-20(28)9-11-21/h3-13,16H,14-15H2,1-2H3,(H,29,31,33). The Kier molecular flexibility index (Phi) is 7.17. The van der Waals surface area contributed by atoms with E-state index in [0.29, 0.717) is 35.2 Å². The molecule has 0 aromatic heterocycles. The monoisotopic (exact) mass is 490 g/mol. The van der Waals surface area contributed by atoms with Crippen LogP contribution < -0.4 is 19.7 Å². The molecule has 3 aromatic carbocycles. The zero-order chi connectivity index (χ0) is 24.9. The summed E-state index contributed by atoms with van der Waals surface area (Å²) >= 11 is 5.89. The van der Waals surface area contributed by atoms with Gasteiger partial charge in [-0.3, -0.25) is 14.9 Å². The van der Waals surface area contributed by atoms with Gasteiger partial charge in [0.05, 0.1) is 5.69 Å². The highest BCUT2D eigenvalue weighted by molar-refractivity contribution is 6.39. The van der Waals surface area contributed by atoms with Crippen LogP contribution in [0.15, 0.2) is 72.3 Å². The lowest BCUT2D eigenvalue weighted by molar-refractivity contribution is -0.122. The second kappa shape index (κ2) is 10.4. The van der Waals surface area contributed by atoms with E-state index in [-0.39, 0.29) is 5.57 Å². The van der Waals surface area contributed by atoms with Crippen molar-refractivity contribution in [2.24, 2.45) is 0 Å². The fourth-order valence-electron chi connectivity index (χ4n) is 3.64. The number of imide groups is 2. The molecule has 1 N–H and O–H groups in total. The number of urea groups is 1. The van der Waals surface area contributed by atoms with Crippen LogP contribution in [0.2, 0.25) is 5.02 Å². The van der Waals surface area contributed by atoms with Crippen LogP contribution in [0.3, 0.4) is 0 Å². The SMILES string of the molecule is Cc1cccc(C)c1OCCOc1ccc(C=C2C(=O)NC(=O)N(c3ccc(Cl)cc3)C2=O)cc1. The zero-order valence-corrected chi connectivity index (χ0v) is 20.0. The molecule has 178 valence electrons. The van der Waals surface area contributed by atoms with E-state index in [1.54, 1.807) is 36.4 Å². The second-order valence-electron chi connectivity index (χ2n) is 7.92. The van der Waals surface area contributed by atoms with Gasteiger partial charge in [0.2, 0.25) is 0 Å². The van der Waals surface area contributed by atoms with Crippen LogP contribution in [0.1, 0.15) is 16.7 Å². The molecule has 35 heavy (non-hydrogen) atoms. The third-order valence-electron chi connectivity index (χ3n) is 5.38. The van der Waals surface area contributed by atoms with Crippen molar-refractivity contribution in [3.05, 3.63) is 94.0 Å². The number of nitrogens with one attached hydrogen (secondary N) is 1. The predicted molar refractivity (Wildman–Crippen MR) is 134 cm³/mol. The van der Waals surface area contributed by atoms with Gasteiger partial charge in [0, 0.05) is 5.02 Å². The van der Waals surface area contributed by atoms with Gasteiger partial charge in [-0.1, -0.05) is 41.9 Å². The average molecular weight is 491 g/mol. The molecule has 3 aromatic rings. The molecule has 1 fully saturated rings. The van der Waals surface area contributed by atoms with Gasteiger partial charge < -0.3 is 9.47 Å². The summed E-state index contributed by atoms with van der Waals surface area (Å²) in [5, 5.41) is 2.66. The van der Waals surface area contributed by atoms with E-state index in [1.165, 1.54) is 18.2 Å². The zero-order valence-electron chi connectivity index (χ0n) is 19.2. The van der Waals surface area contributed by atoms with Crippen molar-refractivity contribution in [3.63, 3.8) is 0 Å². The highest BCUT2D eigenvalue weighted by Crippen LogP contribution is 2.25. The summed E-state index contributed by atoms with van der Waals surface area (Å²) in [6, 6.07) is 18.3. The Morgan fingerprint density at radius 3 is 2.14 bits per heavy atom. The van der Waals surface area contributed by atoms with Crippen LogP contribution in [0.5, 0.6) is 11.5 Å². The van der Waals surface area contributed by atoms with Gasteiger partial charge in [0.1, 0.15) is 30.3 Å². The normalized spacial score (nSPS) is 14.8. The lowest BCUT2D eigenvalue weighted by Gasteiger charge is -2.26. The maximum absolute atomic E-state index is 12.9. The quantitative estimate of drug-likeness (QED) is 0.283. The molecular formula is C27H23ClN2O5. The number of ether oxygens (including phenoxy) is 2. The predicted octanol–water partition coefficient (Wildman–Crippen LogP) is 5.08. The summed E-state index contributed by atoms with van der Waals surface area (Å²) in [5.74, 6) is 0.00787. The van der Waals surface area contributed by atoms with Crippen LogP contribution in [0, 0.1) is 13.8 Å². The molecule has 0 aliphatic carbocycles. The number of carbonyl (C=O) groups is 3. The summed E-state index contributed by atoms with van der Waals surface area (Å²) in [6.45, 7) is 4.74. The Bertz CT molecular complexity index is 1280. The fourth-order valence-corrected chi connectivity index (χ4v) is 3.77. The van der Waals surface area contributed by atoms with Gasteiger partial charge in [-0.05, 0) is 73.0 Å². The number of para-hydroxylation sites is 1. The number of nitrogens with zero attached hydrogens (tertiary/aromatic N) is 1. The molecule has 0 spiro atoms. The van der Waals surface area contributed by atoms with Crippen molar-refractivity contribution in [2.45, 2.75) is 13.8 Å².